The summed E-state index contributed by atoms with van der Waals surface area (Å²) in [5.41, 5.74) is 1.29. The molecule has 1 N–H and O–H groups in total. The van der Waals surface area contributed by atoms with Gasteiger partial charge in [0.2, 0.25) is 0 Å². The van der Waals surface area contributed by atoms with Crippen molar-refractivity contribution in [1.82, 2.24) is 4.57 Å². The van der Waals surface area contributed by atoms with Crippen molar-refractivity contribution in [3.63, 3.8) is 0 Å². The number of thioether (sulfide) groups is 1. The van der Waals surface area contributed by atoms with Crippen LogP contribution < -0.4 is 4.74 Å². The summed E-state index contributed by atoms with van der Waals surface area (Å²) >= 11 is 0.160. The molecule has 0 spiro atoms. The molecule has 0 amide bonds. The predicted molar refractivity (Wildman–Crippen MR) is 105 cm³/mol. The molecule has 2 heterocycles. The first-order valence-electron chi connectivity index (χ1n) is 8.63. The molecule has 0 atom stereocenters. The van der Waals surface area contributed by atoms with Crippen molar-refractivity contribution in [2.24, 2.45) is 0 Å². The Morgan fingerprint density at radius 2 is 1.90 bits per heavy atom. The van der Waals surface area contributed by atoms with Crippen LogP contribution in [-0.2, 0) is 17.8 Å². The Balaban J connectivity index is 2.00. The summed E-state index contributed by atoms with van der Waals surface area (Å²) < 4.78 is 84.5. The molecule has 1 aromatic carbocycles. The monoisotopic (exact) mass is 483 g/mol. The Bertz CT molecular complexity index is 1140. The smallest absolute Gasteiger partial charge is 0.464 e. The molecule has 4 nitrogen and oxygen atoms in total. The minimum absolute atomic E-state index is 0.0382. The van der Waals surface area contributed by atoms with Gasteiger partial charge in [-0.3, -0.25) is 4.79 Å². The van der Waals surface area contributed by atoms with E-state index in [0.29, 0.717) is 27.0 Å². The normalized spacial score (nSPS) is 12.5. The van der Waals surface area contributed by atoms with E-state index in [9.17, 15) is 36.2 Å². The van der Waals surface area contributed by atoms with Crippen molar-refractivity contribution < 1.29 is 41.0 Å². The number of nitrogens with zero attached hydrogens (tertiary/aromatic N) is 1. The molecule has 0 unspecified atom stereocenters. The molecular weight excluding hydrogens is 468 g/mol. The van der Waals surface area contributed by atoms with Crippen molar-refractivity contribution in [1.29, 1.82) is 0 Å². The third kappa shape index (κ3) is 4.64. The van der Waals surface area contributed by atoms with Gasteiger partial charge in [-0.1, -0.05) is 0 Å². The number of carboxylic acids is 1. The van der Waals surface area contributed by atoms with Gasteiger partial charge < -0.3 is 14.4 Å². The zero-order chi connectivity index (χ0) is 23.1. The summed E-state index contributed by atoms with van der Waals surface area (Å²) in [6.45, 7) is 1.67. The van der Waals surface area contributed by atoms with Crippen LogP contribution in [-0.4, -0.2) is 34.2 Å². The number of thiophene rings is 1. The number of carboxylic acid groups (broad SMARTS) is 1. The molecule has 2 aromatic heterocycles. The number of methoxy groups -OCH3 is 1. The summed E-state index contributed by atoms with van der Waals surface area (Å²) in [6.07, 6.45) is -6.02. The minimum atomic E-state index is -5.68. The van der Waals surface area contributed by atoms with E-state index in [1.807, 2.05) is 0 Å². The van der Waals surface area contributed by atoms with Crippen LogP contribution in [0.3, 0.4) is 0 Å². The third-order valence-electron chi connectivity index (χ3n) is 4.57. The highest BCUT2D eigenvalue weighted by Gasteiger charge is 2.58. The summed E-state index contributed by atoms with van der Waals surface area (Å²) in [4.78, 5) is 11.7. The fraction of sp³-hybridized carbons (Fsp3) is 0.316. The highest BCUT2D eigenvalue weighted by atomic mass is 32.2. The fourth-order valence-electron chi connectivity index (χ4n) is 3.12. The number of fused-ring (bicyclic) bond motifs is 1. The largest absolute Gasteiger partial charge is 0.494 e. The highest BCUT2D eigenvalue weighted by molar-refractivity contribution is 8.02. The van der Waals surface area contributed by atoms with Gasteiger partial charge >= 0.3 is 17.4 Å². The van der Waals surface area contributed by atoms with E-state index in [1.54, 1.807) is 11.5 Å². The zero-order valence-corrected chi connectivity index (χ0v) is 17.7. The van der Waals surface area contributed by atoms with Crippen LogP contribution in [0.15, 0.2) is 28.5 Å². The lowest BCUT2D eigenvalue weighted by molar-refractivity contribution is -0.237. The van der Waals surface area contributed by atoms with Gasteiger partial charge in [0.05, 0.1) is 29.8 Å². The Morgan fingerprint density at radius 1 is 1.23 bits per heavy atom. The fourth-order valence-corrected chi connectivity index (χ4v) is 5.15. The quantitative estimate of drug-likeness (QED) is 0.327. The SMILES string of the molecule is COc1cc2c(CC(=O)O)c(C)n(Cc3ccc(SC(F)(F)C(F)(F)F)s3)c2cc1F. The van der Waals surface area contributed by atoms with Crippen LogP contribution in [0.1, 0.15) is 16.1 Å². The molecule has 12 heteroatoms. The molecule has 3 aromatic rings. The number of benzene rings is 1. The Kier molecular flexibility index (Phi) is 6.25. The van der Waals surface area contributed by atoms with E-state index in [4.69, 9.17) is 4.74 Å². The lowest BCUT2D eigenvalue weighted by Gasteiger charge is -2.17. The lowest BCUT2D eigenvalue weighted by Crippen LogP contribution is -2.32. The van der Waals surface area contributed by atoms with E-state index in [-0.39, 0.29) is 22.9 Å². The maximum atomic E-state index is 14.3. The molecule has 168 valence electrons. The van der Waals surface area contributed by atoms with Crippen molar-refractivity contribution >= 4 is 40.0 Å². The van der Waals surface area contributed by atoms with E-state index in [0.717, 1.165) is 17.4 Å². The van der Waals surface area contributed by atoms with Gasteiger partial charge in [0.15, 0.2) is 11.6 Å². The van der Waals surface area contributed by atoms with Gasteiger partial charge in [-0.15, -0.1) is 11.3 Å². The Hall–Kier alpha value is -2.34. The van der Waals surface area contributed by atoms with Crippen molar-refractivity contribution in [2.75, 3.05) is 7.11 Å². The maximum absolute atomic E-state index is 14.3. The predicted octanol–water partition coefficient (Wildman–Crippen LogP) is 6.08. The Labute approximate surface area is 180 Å². The molecule has 0 fully saturated rings. The van der Waals surface area contributed by atoms with E-state index >= 15 is 0 Å². The number of rotatable bonds is 7. The maximum Gasteiger partial charge on any atom is 0.464 e. The summed E-state index contributed by atoms with van der Waals surface area (Å²) in [5.74, 6) is -1.85. The first-order valence-corrected chi connectivity index (χ1v) is 10.3. The van der Waals surface area contributed by atoms with E-state index in [2.05, 4.69) is 0 Å². The highest BCUT2D eigenvalue weighted by Crippen LogP contribution is 2.49. The number of alkyl halides is 5. The number of hydrogen-bond donors (Lipinski definition) is 1. The molecule has 0 saturated heterocycles. The molecule has 3 rings (SSSR count). The topological polar surface area (TPSA) is 51.5 Å². The molecule has 0 aliphatic carbocycles. The van der Waals surface area contributed by atoms with Crippen LogP contribution >= 0.6 is 23.1 Å². The standard InChI is InChI=1S/C19H15F6NO3S2/c1-9-11(6-16(27)28)12-5-15(29-2)13(20)7-14(12)26(9)8-10-3-4-17(30-10)31-19(24,25)18(21,22)23/h3-5,7H,6,8H2,1-2H3,(H,27,28). The van der Waals surface area contributed by atoms with Gasteiger partial charge in [-0.25, -0.2) is 4.39 Å². The minimum Gasteiger partial charge on any atom is -0.494 e. The zero-order valence-electron chi connectivity index (χ0n) is 16.0. The first kappa shape index (κ1) is 23.3. The van der Waals surface area contributed by atoms with Crippen LogP contribution in [0.25, 0.3) is 10.9 Å². The summed E-state index contributed by atoms with van der Waals surface area (Å²) in [5, 5.41) is 4.75. The first-order chi connectivity index (χ1) is 14.3. The molecule has 0 aliphatic rings. The molecule has 0 saturated carbocycles. The second kappa shape index (κ2) is 8.30. The summed E-state index contributed by atoms with van der Waals surface area (Å²) in [7, 11) is 1.27. The number of hydrogen-bond acceptors (Lipinski definition) is 4. The lowest BCUT2D eigenvalue weighted by atomic mass is 10.1. The van der Waals surface area contributed by atoms with Gasteiger partial charge in [-0.05, 0) is 42.4 Å². The van der Waals surface area contributed by atoms with Crippen molar-refractivity contribution in [3.8, 4) is 5.75 Å². The third-order valence-corrected chi connectivity index (χ3v) is 6.76. The average molecular weight is 483 g/mol. The molecule has 31 heavy (non-hydrogen) atoms. The molecule has 0 radical (unpaired) electrons. The number of carbonyl (C=O) groups is 1. The van der Waals surface area contributed by atoms with E-state index in [1.165, 1.54) is 25.3 Å². The number of halogens is 6. The van der Waals surface area contributed by atoms with Gasteiger partial charge in [0, 0.05) is 22.0 Å². The van der Waals surface area contributed by atoms with Gasteiger partial charge in [0.25, 0.3) is 0 Å². The van der Waals surface area contributed by atoms with Crippen LogP contribution in [0.2, 0.25) is 0 Å². The van der Waals surface area contributed by atoms with E-state index < -0.39 is 35.0 Å². The van der Waals surface area contributed by atoms with Gasteiger partial charge in [0.1, 0.15) is 0 Å². The number of ether oxygens (including phenoxy) is 1. The second-order valence-corrected chi connectivity index (χ2v) is 9.15. The molecule has 0 bridgehead atoms. The van der Waals surface area contributed by atoms with Crippen molar-refractivity contribution in [2.45, 2.75) is 35.5 Å². The van der Waals surface area contributed by atoms with Gasteiger partial charge in [-0.2, -0.15) is 22.0 Å². The van der Waals surface area contributed by atoms with Crippen LogP contribution in [0.4, 0.5) is 26.3 Å². The molecule has 0 aliphatic heterocycles. The average Bonchev–Trinajstić information content (AvgIpc) is 3.17. The second-order valence-electron chi connectivity index (χ2n) is 6.56. The number of aliphatic carboxylic acids is 1. The molecular formula is C19H15F6NO3S2. The summed E-state index contributed by atoms with van der Waals surface area (Å²) in [6, 6.07) is 5.12. The van der Waals surface area contributed by atoms with Crippen LogP contribution in [0, 0.1) is 12.7 Å². The van der Waals surface area contributed by atoms with Crippen LogP contribution in [0.5, 0.6) is 5.75 Å². The van der Waals surface area contributed by atoms with Crippen molar-refractivity contribution in [3.05, 3.63) is 46.2 Å². The Morgan fingerprint density at radius 3 is 2.48 bits per heavy atom. The number of aromatic nitrogens is 1.